The summed E-state index contributed by atoms with van der Waals surface area (Å²) >= 11 is 0. The first kappa shape index (κ1) is 10.4. The lowest BCUT2D eigenvalue weighted by atomic mass is 10.2. The number of rotatable bonds is 3. The van der Waals surface area contributed by atoms with Crippen molar-refractivity contribution in [3.8, 4) is 0 Å². The monoisotopic (exact) mass is 219 g/mol. The topological polar surface area (TPSA) is 31.2 Å². The van der Waals surface area contributed by atoms with Crippen molar-refractivity contribution >= 4 is 0 Å². The Morgan fingerprint density at radius 2 is 1.88 bits per heavy atom. The third-order valence-electron chi connectivity index (χ3n) is 2.07. The van der Waals surface area contributed by atoms with Gasteiger partial charge < -0.3 is 4.84 Å². The molecule has 0 unspecified atom stereocenters. The molecule has 0 atom stereocenters. The number of pyridine rings is 1. The first-order chi connectivity index (χ1) is 7.75. The molecule has 0 bridgehead atoms. The van der Waals surface area contributed by atoms with Gasteiger partial charge in [-0.3, -0.25) is 4.79 Å². The molecule has 0 aliphatic rings. The molecule has 2 rings (SSSR count). The second-order valence-electron chi connectivity index (χ2n) is 3.26. The average molecular weight is 219 g/mol. The Kier molecular flexibility index (Phi) is 3.00. The molecule has 0 radical (unpaired) electrons. The maximum Gasteiger partial charge on any atom is 0.282 e. The van der Waals surface area contributed by atoms with Crippen LogP contribution in [0.5, 0.6) is 0 Å². The molecule has 2 aromatic rings. The van der Waals surface area contributed by atoms with Gasteiger partial charge in [-0.15, -0.1) is 0 Å². The van der Waals surface area contributed by atoms with E-state index in [0.717, 1.165) is 10.3 Å². The SMILES string of the molecule is O=c1ccccn1OCc1ccc(F)cc1. The van der Waals surface area contributed by atoms with Gasteiger partial charge in [-0.25, -0.2) is 4.39 Å². The molecule has 3 nitrogen and oxygen atoms in total. The van der Waals surface area contributed by atoms with Crippen molar-refractivity contribution in [3.05, 3.63) is 70.4 Å². The van der Waals surface area contributed by atoms with Crippen LogP contribution in [0.3, 0.4) is 0 Å². The molecule has 0 aliphatic carbocycles. The fraction of sp³-hybridized carbons (Fsp3) is 0.0833. The minimum Gasteiger partial charge on any atom is -0.406 e. The van der Waals surface area contributed by atoms with E-state index in [4.69, 9.17) is 4.84 Å². The number of halogens is 1. The highest BCUT2D eigenvalue weighted by molar-refractivity contribution is 5.14. The summed E-state index contributed by atoms with van der Waals surface area (Å²) in [4.78, 5) is 16.5. The van der Waals surface area contributed by atoms with E-state index < -0.39 is 0 Å². The predicted molar refractivity (Wildman–Crippen MR) is 57.4 cm³/mol. The van der Waals surface area contributed by atoms with E-state index in [1.54, 1.807) is 24.3 Å². The molecule has 0 fully saturated rings. The highest BCUT2D eigenvalue weighted by Crippen LogP contribution is 2.02. The zero-order valence-electron chi connectivity index (χ0n) is 8.47. The van der Waals surface area contributed by atoms with E-state index in [9.17, 15) is 9.18 Å². The van der Waals surface area contributed by atoms with Gasteiger partial charge in [0, 0.05) is 12.3 Å². The number of nitrogens with zero attached hydrogens (tertiary/aromatic N) is 1. The number of hydrogen-bond acceptors (Lipinski definition) is 2. The van der Waals surface area contributed by atoms with Crippen LogP contribution >= 0.6 is 0 Å². The molecule has 1 heterocycles. The lowest BCUT2D eigenvalue weighted by Crippen LogP contribution is -2.24. The Labute approximate surface area is 91.7 Å². The van der Waals surface area contributed by atoms with E-state index in [0.29, 0.717) is 0 Å². The largest absolute Gasteiger partial charge is 0.406 e. The molecule has 0 spiro atoms. The molecular weight excluding hydrogens is 209 g/mol. The first-order valence-corrected chi connectivity index (χ1v) is 4.81. The van der Waals surface area contributed by atoms with Crippen molar-refractivity contribution in [1.29, 1.82) is 0 Å². The highest BCUT2D eigenvalue weighted by Gasteiger charge is 1.96. The normalized spacial score (nSPS) is 10.1. The van der Waals surface area contributed by atoms with Crippen LogP contribution in [0.15, 0.2) is 53.5 Å². The van der Waals surface area contributed by atoms with E-state index in [1.165, 1.54) is 24.4 Å². The number of hydrogen-bond donors (Lipinski definition) is 0. The van der Waals surface area contributed by atoms with Crippen molar-refractivity contribution in [1.82, 2.24) is 4.73 Å². The van der Waals surface area contributed by atoms with Gasteiger partial charge in [-0.1, -0.05) is 18.2 Å². The highest BCUT2D eigenvalue weighted by atomic mass is 19.1. The lowest BCUT2D eigenvalue weighted by molar-refractivity contribution is 0.0891. The number of aromatic nitrogens is 1. The average Bonchev–Trinajstić information content (AvgIpc) is 2.30. The lowest BCUT2D eigenvalue weighted by Gasteiger charge is -2.07. The van der Waals surface area contributed by atoms with Crippen molar-refractivity contribution in [2.45, 2.75) is 6.61 Å². The van der Waals surface area contributed by atoms with Gasteiger partial charge in [0.25, 0.3) is 5.56 Å². The third kappa shape index (κ3) is 2.48. The molecule has 82 valence electrons. The maximum atomic E-state index is 12.6. The van der Waals surface area contributed by atoms with Gasteiger partial charge in [0.15, 0.2) is 0 Å². The Morgan fingerprint density at radius 3 is 2.56 bits per heavy atom. The van der Waals surface area contributed by atoms with Crippen LogP contribution in [0.2, 0.25) is 0 Å². The number of benzene rings is 1. The molecule has 0 aliphatic heterocycles. The standard InChI is InChI=1S/C12H10FNO2/c13-11-6-4-10(5-7-11)9-16-14-8-2-1-3-12(14)15/h1-8H,9H2. The van der Waals surface area contributed by atoms with Crippen LogP contribution in [-0.4, -0.2) is 4.73 Å². The van der Waals surface area contributed by atoms with Crippen LogP contribution in [0.1, 0.15) is 5.56 Å². The zero-order valence-corrected chi connectivity index (χ0v) is 8.47. The van der Waals surface area contributed by atoms with Crippen molar-refractivity contribution < 1.29 is 9.23 Å². The summed E-state index contributed by atoms with van der Waals surface area (Å²) in [7, 11) is 0. The van der Waals surface area contributed by atoms with E-state index in [-0.39, 0.29) is 18.0 Å². The van der Waals surface area contributed by atoms with Crippen molar-refractivity contribution in [2.75, 3.05) is 0 Å². The molecule has 0 saturated heterocycles. The van der Waals surface area contributed by atoms with Crippen molar-refractivity contribution in [3.63, 3.8) is 0 Å². The Balaban J connectivity index is 2.05. The van der Waals surface area contributed by atoms with Gasteiger partial charge in [0.05, 0.1) is 0 Å². The van der Waals surface area contributed by atoms with Crippen LogP contribution < -0.4 is 10.4 Å². The molecule has 4 heteroatoms. The Bertz CT molecular complexity index is 519. The van der Waals surface area contributed by atoms with Crippen LogP contribution in [0.4, 0.5) is 4.39 Å². The van der Waals surface area contributed by atoms with E-state index in [1.807, 2.05) is 0 Å². The zero-order chi connectivity index (χ0) is 11.4. The summed E-state index contributed by atoms with van der Waals surface area (Å²) < 4.78 is 13.8. The van der Waals surface area contributed by atoms with Crippen LogP contribution in [-0.2, 0) is 6.61 Å². The van der Waals surface area contributed by atoms with Gasteiger partial charge in [0.1, 0.15) is 12.4 Å². The smallest absolute Gasteiger partial charge is 0.282 e. The summed E-state index contributed by atoms with van der Waals surface area (Å²) in [5, 5.41) is 0. The fourth-order valence-corrected chi connectivity index (χ4v) is 1.24. The molecule has 0 amide bonds. The first-order valence-electron chi connectivity index (χ1n) is 4.81. The molecule has 1 aromatic carbocycles. The van der Waals surface area contributed by atoms with Gasteiger partial charge in [0.2, 0.25) is 0 Å². The van der Waals surface area contributed by atoms with Crippen LogP contribution in [0, 0.1) is 5.82 Å². The summed E-state index contributed by atoms with van der Waals surface area (Å²) in [5.41, 5.74) is 0.571. The second kappa shape index (κ2) is 4.61. The summed E-state index contributed by atoms with van der Waals surface area (Å²) in [6.07, 6.45) is 1.53. The third-order valence-corrected chi connectivity index (χ3v) is 2.07. The molecule has 0 saturated carbocycles. The van der Waals surface area contributed by atoms with Crippen LogP contribution in [0.25, 0.3) is 0 Å². The van der Waals surface area contributed by atoms with Gasteiger partial charge in [-0.05, 0) is 23.8 Å². The Morgan fingerprint density at radius 1 is 1.12 bits per heavy atom. The second-order valence-corrected chi connectivity index (χ2v) is 3.26. The molecule has 1 aromatic heterocycles. The van der Waals surface area contributed by atoms with Gasteiger partial charge in [-0.2, -0.15) is 4.73 Å². The molecular formula is C12H10FNO2. The van der Waals surface area contributed by atoms with E-state index in [2.05, 4.69) is 0 Å². The minimum atomic E-state index is -0.291. The summed E-state index contributed by atoms with van der Waals surface area (Å²) in [5.74, 6) is -0.291. The minimum absolute atomic E-state index is 0.226. The Hall–Kier alpha value is -2.10. The predicted octanol–water partition coefficient (Wildman–Crippen LogP) is 1.62. The summed E-state index contributed by atoms with van der Waals surface area (Å²) in [6, 6.07) is 10.7. The van der Waals surface area contributed by atoms with E-state index >= 15 is 0 Å². The quantitative estimate of drug-likeness (QED) is 0.785. The fourth-order valence-electron chi connectivity index (χ4n) is 1.24. The molecule has 0 N–H and O–H groups in total. The maximum absolute atomic E-state index is 12.6. The summed E-state index contributed by atoms with van der Waals surface area (Å²) in [6.45, 7) is 0.226. The molecule has 16 heavy (non-hydrogen) atoms. The van der Waals surface area contributed by atoms with Crippen molar-refractivity contribution in [2.24, 2.45) is 0 Å². The van der Waals surface area contributed by atoms with Gasteiger partial charge >= 0.3 is 0 Å².